The van der Waals surface area contributed by atoms with Crippen LogP contribution < -0.4 is 4.72 Å². The SMILES string of the molecule is O=S(=O)(NCc1nnc2n1CC[C@H](C(F)(F)F)C2)c1ccccc1C(F)(F)F. The van der Waals surface area contributed by atoms with E-state index in [4.69, 9.17) is 0 Å². The first-order valence-electron chi connectivity index (χ1n) is 8.03. The maximum atomic E-state index is 13.0. The van der Waals surface area contributed by atoms with Gasteiger partial charge in [-0.2, -0.15) is 26.3 Å². The fraction of sp³-hybridized carbons (Fsp3) is 0.467. The molecule has 3 rings (SSSR count). The summed E-state index contributed by atoms with van der Waals surface area (Å²) < 4.78 is 106. The first-order valence-corrected chi connectivity index (χ1v) is 9.51. The monoisotopic (exact) mass is 428 g/mol. The topological polar surface area (TPSA) is 76.9 Å². The molecule has 154 valence electrons. The normalized spacial score (nSPS) is 18.1. The highest BCUT2D eigenvalue weighted by molar-refractivity contribution is 7.89. The van der Waals surface area contributed by atoms with E-state index < -0.39 is 45.3 Å². The third kappa shape index (κ3) is 4.14. The maximum Gasteiger partial charge on any atom is 0.417 e. The van der Waals surface area contributed by atoms with Crippen LogP contribution in [0.25, 0.3) is 0 Å². The predicted molar refractivity (Wildman–Crippen MR) is 83.4 cm³/mol. The van der Waals surface area contributed by atoms with Crippen LogP contribution in [0.4, 0.5) is 26.3 Å². The van der Waals surface area contributed by atoms with Crippen LogP contribution in [-0.2, 0) is 35.7 Å². The molecule has 1 aromatic heterocycles. The maximum absolute atomic E-state index is 13.0. The van der Waals surface area contributed by atoms with Gasteiger partial charge in [0.05, 0.1) is 22.9 Å². The zero-order valence-corrected chi connectivity index (χ0v) is 14.9. The van der Waals surface area contributed by atoms with E-state index in [1.54, 1.807) is 0 Å². The Bertz CT molecular complexity index is 968. The van der Waals surface area contributed by atoms with Gasteiger partial charge in [0.2, 0.25) is 10.0 Å². The van der Waals surface area contributed by atoms with Crippen molar-refractivity contribution in [1.82, 2.24) is 19.5 Å². The van der Waals surface area contributed by atoms with E-state index in [2.05, 4.69) is 10.2 Å². The number of hydrogen-bond donors (Lipinski definition) is 1. The molecule has 0 bridgehead atoms. The quantitative estimate of drug-likeness (QED) is 0.760. The van der Waals surface area contributed by atoms with E-state index in [1.165, 1.54) is 4.57 Å². The minimum atomic E-state index is -4.87. The van der Waals surface area contributed by atoms with Gasteiger partial charge in [-0.1, -0.05) is 12.1 Å². The van der Waals surface area contributed by atoms with Gasteiger partial charge in [0.15, 0.2) is 0 Å². The smallest absolute Gasteiger partial charge is 0.314 e. The first kappa shape index (κ1) is 20.6. The van der Waals surface area contributed by atoms with Gasteiger partial charge >= 0.3 is 12.4 Å². The third-order valence-electron chi connectivity index (χ3n) is 4.40. The molecule has 0 unspecified atom stereocenters. The van der Waals surface area contributed by atoms with Crippen molar-refractivity contribution >= 4 is 10.0 Å². The van der Waals surface area contributed by atoms with Gasteiger partial charge < -0.3 is 4.57 Å². The largest absolute Gasteiger partial charge is 0.417 e. The predicted octanol–water partition coefficient (Wildman–Crippen LogP) is 2.90. The molecule has 1 atom stereocenters. The van der Waals surface area contributed by atoms with Gasteiger partial charge in [0.25, 0.3) is 0 Å². The Morgan fingerprint density at radius 3 is 2.43 bits per heavy atom. The summed E-state index contributed by atoms with van der Waals surface area (Å²) in [4.78, 5) is -0.946. The molecule has 6 nitrogen and oxygen atoms in total. The molecule has 1 aliphatic rings. The lowest BCUT2D eigenvalue weighted by atomic mass is 9.97. The van der Waals surface area contributed by atoms with Crippen molar-refractivity contribution in [3.05, 3.63) is 41.5 Å². The van der Waals surface area contributed by atoms with Gasteiger partial charge in [0.1, 0.15) is 11.6 Å². The van der Waals surface area contributed by atoms with Crippen LogP contribution in [-0.4, -0.2) is 29.4 Å². The number of nitrogens with zero attached hydrogens (tertiary/aromatic N) is 3. The molecule has 0 saturated carbocycles. The molecule has 1 aromatic carbocycles. The molecule has 0 aliphatic carbocycles. The summed E-state index contributed by atoms with van der Waals surface area (Å²) in [5.74, 6) is -1.48. The molecule has 2 heterocycles. The zero-order chi connectivity index (χ0) is 20.7. The molecule has 0 spiro atoms. The summed E-state index contributed by atoms with van der Waals surface area (Å²) >= 11 is 0. The van der Waals surface area contributed by atoms with E-state index in [-0.39, 0.29) is 31.0 Å². The van der Waals surface area contributed by atoms with Crippen LogP contribution >= 0.6 is 0 Å². The van der Waals surface area contributed by atoms with Gasteiger partial charge in [0, 0.05) is 13.0 Å². The highest BCUT2D eigenvalue weighted by atomic mass is 32.2. The number of fused-ring (bicyclic) bond motifs is 1. The average molecular weight is 428 g/mol. The summed E-state index contributed by atoms with van der Waals surface area (Å²) in [5.41, 5.74) is -1.32. The fourth-order valence-electron chi connectivity index (χ4n) is 2.97. The fourth-order valence-corrected chi connectivity index (χ4v) is 4.18. The molecule has 0 fully saturated rings. The summed E-state index contributed by atoms with van der Waals surface area (Å²) in [5, 5.41) is 7.33. The van der Waals surface area contributed by atoms with E-state index >= 15 is 0 Å². The third-order valence-corrected chi connectivity index (χ3v) is 5.86. The molecule has 0 radical (unpaired) electrons. The zero-order valence-electron chi connectivity index (χ0n) is 14.0. The Balaban J connectivity index is 1.79. The molecule has 0 amide bonds. The van der Waals surface area contributed by atoms with Gasteiger partial charge in [-0.25, -0.2) is 13.1 Å². The number of aromatic nitrogens is 3. The second kappa shape index (κ2) is 7.03. The first-order chi connectivity index (χ1) is 12.9. The van der Waals surface area contributed by atoms with Crippen LogP contribution in [0.1, 0.15) is 23.6 Å². The van der Waals surface area contributed by atoms with Crippen LogP contribution in [0, 0.1) is 5.92 Å². The molecule has 0 saturated heterocycles. The lowest BCUT2D eigenvalue weighted by Gasteiger charge is -2.25. The van der Waals surface area contributed by atoms with Crippen molar-refractivity contribution in [1.29, 1.82) is 0 Å². The van der Waals surface area contributed by atoms with Crippen molar-refractivity contribution in [2.45, 2.75) is 43.2 Å². The summed E-state index contributed by atoms with van der Waals surface area (Å²) in [7, 11) is -4.54. The summed E-state index contributed by atoms with van der Waals surface area (Å²) in [6.07, 6.45) is -9.85. The second-order valence-electron chi connectivity index (χ2n) is 6.23. The molecule has 13 heteroatoms. The van der Waals surface area contributed by atoms with Crippen molar-refractivity contribution < 1.29 is 34.8 Å². The average Bonchev–Trinajstić information content (AvgIpc) is 3.01. The van der Waals surface area contributed by atoms with Gasteiger partial charge in [-0.05, 0) is 18.6 Å². The lowest BCUT2D eigenvalue weighted by Crippen LogP contribution is -2.32. The van der Waals surface area contributed by atoms with Crippen molar-refractivity contribution in [3.63, 3.8) is 0 Å². The molecule has 1 N–H and O–H groups in total. The minimum Gasteiger partial charge on any atom is -0.314 e. The van der Waals surface area contributed by atoms with E-state index in [0.717, 1.165) is 18.2 Å². The van der Waals surface area contributed by atoms with Crippen LogP contribution in [0.2, 0.25) is 0 Å². The summed E-state index contributed by atoms with van der Waals surface area (Å²) in [6.45, 7) is -0.569. The molecular weight excluding hydrogens is 414 g/mol. The van der Waals surface area contributed by atoms with Crippen LogP contribution in [0.3, 0.4) is 0 Å². The Kier molecular flexibility index (Phi) is 5.17. The van der Waals surface area contributed by atoms with E-state index in [1.807, 2.05) is 4.72 Å². The number of halogens is 6. The van der Waals surface area contributed by atoms with E-state index in [0.29, 0.717) is 6.07 Å². The van der Waals surface area contributed by atoms with Crippen LogP contribution in [0.5, 0.6) is 0 Å². The lowest BCUT2D eigenvalue weighted by molar-refractivity contribution is -0.179. The number of benzene rings is 1. The standard InChI is InChI=1S/C15H14F6N4O2S/c16-14(17,18)9-5-6-25-12(7-9)23-24-13(25)8-22-28(26,27)11-4-2-1-3-10(11)15(19,20)21/h1-4,9,22H,5-8H2/t9-/m0/s1. The number of nitrogens with one attached hydrogen (secondary N) is 1. The van der Waals surface area contributed by atoms with Crippen molar-refractivity contribution in [2.75, 3.05) is 0 Å². The second-order valence-corrected chi connectivity index (χ2v) is 7.97. The molecule has 1 aliphatic heterocycles. The molecule has 28 heavy (non-hydrogen) atoms. The van der Waals surface area contributed by atoms with Crippen LogP contribution in [0.15, 0.2) is 29.2 Å². The minimum absolute atomic E-state index is 0.0312. The number of hydrogen-bond acceptors (Lipinski definition) is 4. The highest BCUT2D eigenvalue weighted by Crippen LogP contribution is 2.35. The Morgan fingerprint density at radius 2 is 1.79 bits per heavy atom. The number of sulfonamides is 1. The van der Waals surface area contributed by atoms with Crippen molar-refractivity contribution in [3.8, 4) is 0 Å². The molecular formula is C15H14F6N4O2S. The summed E-state index contributed by atoms with van der Waals surface area (Å²) in [6, 6.07) is 3.68. The number of rotatable bonds is 4. The number of alkyl halides is 6. The van der Waals surface area contributed by atoms with Gasteiger partial charge in [-0.3, -0.25) is 0 Å². The Morgan fingerprint density at radius 1 is 1.11 bits per heavy atom. The van der Waals surface area contributed by atoms with Crippen molar-refractivity contribution in [2.24, 2.45) is 5.92 Å². The Labute approximate surface area is 155 Å². The highest BCUT2D eigenvalue weighted by Gasteiger charge is 2.42. The molecule has 2 aromatic rings. The Hall–Kier alpha value is -2.15. The van der Waals surface area contributed by atoms with E-state index in [9.17, 15) is 34.8 Å². The van der Waals surface area contributed by atoms with Gasteiger partial charge in [-0.15, -0.1) is 10.2 Å².